The monoisotopic (exact) mass is 378 g/mol. The fourth-order valence-corrected chi connectivity index (χ4v) is 2.95. The molecule has 0 bridgehead atoms. The number of nitrogens with one attached hydrogen (secondary N) is 1. The van der Waals surface area contributed by atoms with E-state index in [0.29, 0.717) is 5.75 Å². The number of nitriles is 2. The molecule has 0 unspecified atom stereocenters. The van der Waals surface area contributed by atoms with Gasteiger partial charge in [-0.05, 0) is 44.2 Å². The van der Waals surface area contributed by atoms with Crippen LogP contribution >= 0.6 is 0 Å². The topological polar surface area (TPSA) is 131 Å². The zero-order valence-electron chi connectivity index (χ0n) is 15.2. The first-order valence-electron chi connectivity index (χ1n) is 8.42. The summed E-state index contributed by atoms with van der Waals surface area (Å²) in [4.78, 5) is 4.12. The number of para-hydroxylation sites is 1. The van der Waals surface area contributed by atoms with Crippen molar-refractivity contribution >= 4 is 6.02 Å². The predicted octanol–water partition coefficient (Wildman–Crippen LogP) is 1.74. The molecule has 1 heterocycles. The fraction of sp³-hybridized carbons (Fsp3) is 0.250. The highest BCUT2D eigenvalue weighted by Crippen LogP contribution is 2.45. The minimum atomic E-state index is -2.22. The molecule has 28 heavy (non-hydrogen) atoms. The second kappa shape index (κ2) is 7.20. The van der Waals surface area contributed by atoms with Crippen molar-refractivity contribution in [1.82, 2.24) is 5.32 Å². The minimum Gasteiger partial charge on any atom is -0.484 e. The predicted molar refractivity (Wildman–Crippen MR) is 99.0 cm³/mol. The van der Waals surface area contributed by atoms with Crippen LogP contribution in [0.2, 0.25) is 0 Å². The van der Waals surface area contributed by atoms with E-state index >= 15 is 0 Å². The normalized spacial score (nSPS) is 22.8. The van der Waals surface area contributed by atoms with Crippen molar-refractivity contribution in [2.45, 2.75) is 31.3 Å². The Morgan fingerprint density at radius 1 is 1.21 bits per heavy atom. The second-order valence-electron chi connectivity index (χ2n) is 6.73. The Balaban J connectivity index is 2.14. The summed E-state index contributed by atoms with van der Waals surface area (Å²) >= 11 is 0. The SMILES string of the molecule is CC1(C)Oc2ccc(C#N)cc2[C@@](O)(/N=C(\NC#N)Oc2ccccc2)[C@@H]1O. The number of fused-ring (bicyclic) bond motifs is 1. The lowest BCUT2D eigenvalue weighted by atomic mass is 9.83. The zero-order chi connectivity index (χ0) is 20.4. The van der Waals surface area contributed by atoms with Gasteiger partial charge >= 0.3 is 6.02 Å². The highest BCUT2D eigenvalue weighted by Gasteiger charge is 2.53. The maximum absolute atomic E-state index is 11.4. The van der Waals surface area contributed by atoms with Crippen LogP contribution in [0.1, 0.15) is 25.0 Å². The first-order valence-corrected chi connectivity index (χ1v) is 8.42. The van der Waals surface area contributed by atoms with E-state index in [1.54, 1.807) is 50.4 Å². The van der Waals surface area contributed by atoms with Crippen LogP contribution in [0.25, 0.3) is 0 Å². The molecule has 8 nitrogen and oxygen atoms in total. The van der Waals surface area contributed by atoms with Gasteiger partial charge in [-0.2, -0.15) is 15.5 Å². The third-order valence-corrected chi connectivity index (χ3v) is 4.31. The minimum absolute atomic E-state index is 0.0901. The fourth-order valence-electron chi connectivity index (χ4n) is 2.95. The highest BCUT2D eigenvalue weighted by atomic mass is 16.5. The van der Waals surface area contributed by atoms with E-state index in [1.807, 2.05) is 6.07 Å². The van der Waals surface area contributed by atoms with Crippen LogP contribution in [0.5, 0.6) is 11.5 Å². The molecular weight excluding hydrogens is 360 g/mol. The van der Waals surface area contributed by atoms with Crippen molar-refractivity contribution in [3.05, 3.63) is 59.7 Å². The Hall–Kier alpha value is -3.59. The number of rotatable bonds is 2. The molecule has 8 heteroatoms. The molecule has 0 radical (unpaired) electrons. The highest BCUT2D eigenvalue weighted by molar-refractivity contribution is 5.78. The van der Waals surface area contributed by atoms with Gasteiger partial charge in [0.25, 0.3) is 0 Å². The Morgan fingerprint density at radius 3 is 2.57 bits per heavy atom. The molecule has 1 aliphatic heterocycles. The Morgan fingerprint density at radius 2 is 1.93 bits per heavy atom. The maximum atomic E-state index is 11.4. The van der Waals surface area contributed by atoms with E-state index in [-0.39, 0.29) is 22.9 Å². The van der Waals surface area contributed by atoms with Gasteiger partial charge in [-0.25, -0.2) is 5.32 Å². The largest absolute Gasteiger partial charge is 0.484 e. The zero-order valence-corrected chi connectivity index (χ0v) is 15.2. The van der Waals surface area contributed by atoms with Crippen LogP contribution in [0.15, 0.2) is 53.5 Å². The third kappa shape index (κ3) is 3.47. The molecule has 2 aromatic carbocycles. The van der Waals surface area contributed by atoms with Gasteiger partial charge in [0.2, 0.25) is 5.72 Å². The van der Waals surface area contributed by atoms with Gasteiger partial charge in [0.1, 0.15) is 23.2 Å². The lowest BCUT2D eigenvalue weighted by Crippen LogP contribution is -2.58. The number of ether oxygens (including phenoxy) is 2. The summed E-state index contributed by atoms with van der Waals surface area (Å²) in [6, 6.07) is 14.6. The van der Waals surface area contributed by atoms with Gasteiger partial charge < -0.3 is 19.7 Å². The average Bonchev–Trinajstić information content (AvgIpc) is 2.67. The van der Waals surface area contributed by atoms with Crippen LogP contribution in [-0.4, -0.2) is 27.9 Å². The van der Waals surface area contributed by atoms with E-state index < -0.39 is 17.4 Å². The standard InChI is InChI=1S/C20H18N4O4/c1-19(2)17(25)20(26,15-10-13(11-21)8-9-16(15)28-19)24-18(23-12-22)27-14-6-4-3-5-7-14/h3-10,17,25-26H,1-2H3,(H,23,24)/t17-,20+/m1/s1. The smallest absolute Gasteiger partial charge is 0.306 e. The Bertz CT molecular complexity index is 992. The van der Waals surface area contributed by atoms with Gasteiger partial charge in [0, 0.05) is 0 Å². The molecule has 0 aliphatic carbocycles. The Kier molecular flexibility index (Phi) is 4.93. The molecule has 0 saturated carbocycles. The lowest BCUT2D eigenvalue weighted by Gasteiger charge is -2.45. The van der Waals surface area contributed by atoms with E-state index in [4.69, 9.17) is 14.7 Å². The molecule has 2 aromatic rings. The van der Waals surface area contributed by atoms with Gasteiger partial charge in [-0.15, -0.1) is 0 Å². The number of aliphatic hydroxyl groups is 2. The van der Waals surface area contributed by atoms with Crippen LogP contribution < -0.4 is 14.8 Å². The van der Waals surface area contributed by atoms with Crippen molar-refractivity contribution in [2.75, 3.05) is 0 Å². The molecule has 2 atom stereocenters. The van der Waals surface area contributed by atoms with E-state index in [9.17, 15) is 15.5 Å². The summed E-state index contributed by atoms with van der Waals surface area (Å²) in [5.74, 6) is 0.635. The summed E-state index contributed by atoms with van der Waals surface area (Å²) in [7, 11) is 0. The molecule has 0 aromatic heterocycles. The summed E-state index contributed by atoms with van der Waals surface area (Å²) in [5, 5.41) is 42.7. The Labute approximate surface area is 161 Å². The van der Waals surface area contributed by atoms with Gasteiger partial charge in [-0.3, -0.25) is 0 Å². The summed E-state index contributed by atoms with van der Waals surface area (Å²) < 4.78 is 11.3. The number of hydrogen-bond acceptors (Lipinski definition) is 7. The quantitative estimate of drug-likeness (QED) is 0.314. The van der Waals surface area contributed by atoms with Crippen molar-refractivity contribution in [2.24, 2.45) is 4.99 Å². The first-order chi connectivity index (χ1) is 13.3. The van der Waals surface area contributed by atoms with E-state index in [1.165, 1.54) is 18.2 Å². The molecule has 1 aliphatic rings. The van der Waals surface area contributed by atoms with Crippen LogP contribution in [0, 0.1) is 22.8 Å². The first kappa shape index (κ1) is 19.2. The molecular formula is C20H18N4O4. The summed E-state index contributed by atoms with van der Waals surface area (Å²) in [5.41, 5.74) is -3.09. The van der Waals surface area contributed by atoms with Crippen molar-refractivity contribution in [3.8, 4) is 23.8 Å². The second-order valence-corrected chi connectivity index (χ2v) is 6.73. The number of aliphatic imine (C=N–C) groups is 1. The van der Waals surface area contributed by atoms with Crippen LogP contribution in [0.4, 0.5) is 0 Å². The number of amidine groups is 1. The van der Waals surface area contributed by atoms with Crippen molar-refractivity contribution < 1.29 is 19.7 Å². The number of aliphatic hydroxyl groups excluding tert-OH is 1. The summed E-state index contributed by atoms with van der Waals surface area (Å²) in [6.07, 6.45) is 0.177. The molecule has 3 rings (SSSR count). The average molecular weight is 378 g/mol. The molecule has 0 spiro atoms. The number of hydrogen-bond donors (Lipinski definition) is 3. The van der Waals surface area contributed by atoms with Crippen molar-refractivity contribution in [3.63, 3.8) is 0 Å². The van der Waals surface area contributed by atoms with Gasteiger partial charge in [0.05, 0.1) is 17.2 Å². The molecule has 0 amide bonds. The van der Waals surface area contributed by atoms with Gasteiger partial charge in [-0.1, -0.05) is 18.2 Å². The van der Waals surface area contributed by atoms with Crippen LogP contribution in [0.3, 0.4) is 0 Å². The van der Waals surface area contributed by atoms with Gasteiger partial charge in [0.15, 0.2) is 6.19 Å². The molecule has 0 fully saturated rings. The van der Waals surface area contributed by atoms with Crippen molar-refractivity contribution in [1.29, 1.82) is 10.5 Å². The molecule has 3 N–H and O–H groups in total. The maximum Gasteiger partial charge on any atom is 0.306 e. The number of nitrogens with zero attached hydrogens (tertiary/aromatic N) is 3. The molecule has 142 valence electrons. The third-order valence-electron chi connectivity index (χ3n) is 4.31. The van der Waals surface area contributed by atoms with E-state index in [2.05, 4.69) is 10.3 Å². The lowest BCUT2D eigenvalue weighted by molar-refractivity contribution is -0.168. The summed E-state index contributed by atoms with van der Waals surface area (Å²) in [6.45, 7) is 3.18. The molecule has 0 saturated heterocycles. The van der Waals surface area contributed by atoms with Crippen LogP contribution in [-0.2, 0) is 5.72 Å². The van der Waals surface area contributed by atoms with E-state index in [0.717, 1.165) is 0 Å². The number of benzene rings is 2.